The first kappa shape index (κ1) is 20.5. The summed E-state index contributed by atoms with van der Waals surface area (Å²) in [5, 5.41) is 5.07. The van der Waals surface area contributed by atoms with Crippen LogP contribution in [-0.2, 0) is 6.54 Å². The van der Waals surface area contributed by atoms with Crippen LogP contribution in [0, 0.1) is 5.82 Å². The number of hydrogen-bond donors (Lipinski definition) is 0. The summed E-state index contributed by atoms with van der Waals surface area (Å²) in [4.78, 5) is 26.8. The topological polar surface area (TPSA) is 81.5 Å². The predicted octanol–water partition coefficient (Wildman–Crippen LogP) is 4.87. The van der Waals surface area contributed by atoms with Crippen LogP contribution in [-0.4, -0.2) is 28.6 Å². The first-order valence-corrected chi connectivity index (χ1v) is 10.9. The quantitative estimate of drug-likeness (QED) is 0.414. The number of fused-ring (bicyclic) bond motifs is 2. The van der Waals surface area contributed by atoms with Crippen molar-refractivity contribution in [3.05, 3.63) is 58.0 Å². The molecular formula is C24H24FN3O4. The number of halogens is 1. The van der Waals surface area contributed by atoms with Gasteiger partial charge in [0, 0.05) is 42.6 Å². The van der Waals surface area contributed by atoms with E-state index in [-0.39, 0.29) is 17.5 Å². The van der Waals surface area contributed by atoms with Crippen molar-refractivity contribution in [3.8, 4) is 0 Å². The summed E-state index contributed by atoms with van der Waals surface area (Å²) in [6.45, 7) is 5.52. The Hall–Kier alpha value is -3.42. The number of rotatable bonds is 5. The Kier molecular flexibility index (Phi) is 5.07. The van der Waals surface area contributed by atoms with Crippen LogP contribution in [0.25, 0.3) is 22.1 Å². The first-order chi connectivity index (χ1) is 15.5. The van der Waals surface area contributed by atoms with E-state index in [1.165, 1.54) is 19.1 Å². The highest BCUT2D eigenvalue weighted by Crippen LogP contribution is 2.36. The van der Waals surface area contributed by atoms with Crippen LogP contribution in [0.4, 0.5) is 10.1 Å². The molecule has 0 N–H and O–H groups in total. The van der Waals surface area contributed by atoms with Gasteiger partial charge in [-0.3, -0.25) is 9.36 Å². The Bertz CT molecular complexity index is 1380. The molecule has 2 aromatic carbocycles. The Morgan fingerprint density at radius 3 is 2.69 bits per heavy atom. The van der Waals surface area contributed by atoms with Crippen molar-refractivity contribution in [2.75, 3.05) is 18.0 Å². The number of hydrogen-bond acceptors (Lipinski definition) is 6. The van der Waals surface area contributed by atoms with Crippen LogP contribution in [0.15, 0.2) is 44.1 Å². The van der Waals surface area contributed by atoms with E-state index in [4.69, 9.17) is 8.94 Å². The lowest BCUT2D eigenvalue weighted by molar-refractivity contribution is 0.101. The molecule has 0 atom stereocenters. The molecule has 0 radical (unpaired) electrons. The predicted molar refractivity (Wildman–Crippen MR) is 119 cm³/mol. The highest BCUT2D eigenvalue weighted by molar-refractivity contribution is 6.01. The normalized spacial score (nSPS) is 15.2. The lowest BCUT2D eigenvalue weighted by atomic mass is 9.91. The van der Waals surface area contributed by atoms with E-state index < -0.39 is 5.76 Å². The van der Waals surface area contributed by atoms with Crippen LogP contribution >= 0.6 is 0 Å². The molecule has 7 nitrogen and oxygen atoms in total. The Balaban J connectivity index is 1.48. The number of oxazole rings is 1. The monoisotopic (exact) mass is 437 g/mol. The van der Waals surface area contributed by atoms with Gasteiger partial charge < -0.3 is 13.8 Å². The maximum Gasteiger partial charge on any atom is 0.420 e. The molecule has 166 valence electrons. The lowest BCUT2D eigenvalue weighted by Gasteiger charge is -2.33. The average molecular weight is 437 g/mol. The maximum absolute atomic E-state index is 13.5. The Labute approximate surface area is 183 Å². The molecule has 1 aliphatic heterocycles. The van der Waals surface area contributed by atoms with E-state index in [1.807, 2.05) is 13.0 Å². The maximum atomic E-state index is 13.5. The summed E-state index contributed by atoms with van der Waals surface area (Å²) in [5.41, 5.74) is 3.86. The molecule has 32 heavy (non-hydrogen) atoms. The van der Waals surface area contributed by atoms with Crippen LogP contribution < -0.4 is 10.7 Å². The molecule has 2 aromatic heterocycles. The number of ketones is 1. The van der Waals surface area contributed by atoms with Crippen LogP contribution in [0.1, 0.15) is 55.1 Å². The van der Waals surface area contributed by atoms with Crippen molar-refractivity contribution < 1.29 is 18.1 Å². The third-order valence-electron chi connectivity index (χ3n) is 6.28. The summed E-state index contributed by atoms with van der Waals surface area (Å²) in [6, 6.07) is 8.02. The summed E-state index contributed by atoms with van der Waals surface area (Å²) >= 11 is 0. The van der Waals surface area contributed by atoms with Gasteiger partial charge in [-0.25, -0.2) is 9.18 Å². The number of Topliss-reactive ketones (excluding diaryl/α,β-unsaturated/α-hetero) is 1. The fourth-order valence-electron chi connectivity index (χ4n) is 4.67. The zero-order valence-corrected chi connectivity index (χ0v) is 18.1. The highest BCUT2D eigenvalue weighted by Gasteiger charge is 2.28. The fraction of sp³-hybridized carbons (Fsp3) is 0.375. The Morgan fingerprint density at radius 2 is 1.97 bits per heavy atom. The van der Waals surface area contributed by atoms with Crippen molar-refractivity contribution in [3.63, 3.8) is 0 Å². The van der Waals surface area contributed by atoms with Crippen molar-refractivity contribution in [1.29, 1.82) is 0 Å². The zero-order chi connectivity index (χ0) is 22.4. The minimum Gasteiger partial charge on any atom is -0.408 e. The smallest absolute Gasteiger partial charge is 0.408 e. The van der Waals surface area contributed by atoms with E-state index >= 15 is 0 Å². The number of anilines is 1. The second-order valence-corrected chi connectivity index (χ2v) is 8.39. The molecule has 0 aliphatic carbocycles. The number of nitrogens with zero attached hydrogens (tertiary/aromatic N) is 3. The first-order valence-electron chi connectivity index (χ1n) is 10.9. The second-order valence-electron chi connectivity index (χ2n) is 8.39. The summed E-state index contributed by atoms with van der Waals surface area (Å²) in [5.74, 6) is -0.635. The minimum absolute atomic E-state index is 0.0739. The van der Waals surface area contributed by atoms with Gasteiger partial charge in [0.05, 0.1) is 11.4 Å². The third kappa shape index (κ3) is 3.39. The Morgan fingerprint density at radius 1 is 1.19 bits per heavy atom. The molecule has 5 rings (SSSR count). The molecule has 0 unspecified atom stereocenters. The van der Waals surface area contributed by atoms with Gasteiger partial charge >= 0.3 is 5.76 Å². The largest absolute Gasteiger partial charge is 0.420 e. The number of aromatic nitrogens is 2. The van der Waals surface area contributed by atoms with E-state index in [0.29, 0.717) is 23.3 Å². The van der Waals surface area contributed by atoms with Gasteiger partial charge in [-0.05, 0) is 50.5 Å². The molecule has 0 saturated carbocycles. The number of piperidine rings is 1. The van der Waals surface area contributed by atoms with E-state index in [2.05, 4.69) is 10.1 Å². The number of benzene rings is 2. The van der Waals surface area contributed by atoms with Gasteiger partial charge in [0.2, 0.25) is 0 Å². The van der Waals surface area contributed by atoms with Crippen LogP contribution in [0.2, 0.25) is 0 Å². The van der Waals surface area contributed by atoms with Gasteiger partial charge in [-0.1, -0.05) is 12.1 Å². The summed E-state index contributed by atoms with van der Waals surface area (Å²) < 4.78 is 26.0. The van der Waals surface area contributed by atoms with Gasteiger partial charge in [0.15, 0.2) is 16.9 Å². The molecule has 8 heteroatoms. The van der Waals surface area contributed by atoms with Gasteiger partial charge in [-0.2, -0.15) is 0 Å². The average Bonchev–Trinajstić information content (AvgIpc) is 3.34. The van der Waals surface area contributed by atoms with Gasteiger partial charge in [0.25, 0.3) is 0 Å². The molecule has 4 aromatic rings. The van der Waals surface area contributed by atoms with Crippen molar-refractivity contribution in [2.45, 2.75) is 45.6 Å². The minimum atomic E-state index is -0.403. The molecular weight excluding hydrogens is 413 g/mol. The van der Waals surface area contributed by atoms with Gasteiger partial charge in [-0.15, -0.1) is 0 Å². The second kappa shape index (κ2) is 7.93. The third-order valence-corrected chi connectivity index (χ3v) is 6.28. The molecule has 1 aliphatic rings. The zero-order valence-electron chi connectivity index (χ0n) is 18.1. The van der Waals surface area contributed by atoms with Crippen molar-refractivity contribution in [1.82, 2.24) is 9.72 Å². The molecule has 1 fully saturated rings. The molecule has 0 spiro atoms. The summed E-state index contributed by atoms with van der Waals surface area (Å²) in [7, 11) is 0. The van der Waals surface area contributed by atoms with Crippen molar-refractivity contribution >= 4 is 33.5 Å². The van der Waals surface area contributed by atoms with E-state index in [0.717, 1.165) is 54.6 Å². The fourth-order valence-corrected chi connectivity index (χ4v) is 4.67. The number of aryl methyl sites for hydroxylation is 1. The molecule has 0 bridgehead atoms. The van der Waals surface area contributed by atoms with E-state index in [1.54, 1.807) is 16.7 Å². The van der Waals surface area contributed by atoms with Crippen LogP contribution in [0.5, 0.6) is 0 Å². The molecule has 3 heterocycles. The highest BCUT2D eigenvalue weighted by atomic mass is 19.1. The number of carbonyl (C=O) groups excluding carboxylic acids is 1. The SMILES string of the molecule is CCCn1c(=O)oc2cc(C(C)=O)cc(N3CCC(c4noc5cc(F)ccc45)CC3)c21. The molecule has 0 amide bonds. The lowest BCUT2D eigenvalue weighted by Crippen LogP contribution is -2.33. The number of carbonyl (C=O) groups is 1. The van der Waals surface area contributed by atoms with Crippen molar-refractivity contribution in [2.24, 2.45) is 0 Å². The summed E-state index contributed by atoms with van der Waals surface area (Å²) in [6.07, 6.45) is 2.44. The van der Waals surface area contributed by atoms with Gasteiger partial charge in [0.1, 0.15) is 11.3 Å². The molecule has 1 saturated heterocycles. The standard InChI is InChI=1S/C24H24FN3O4/c1-3-8-28-23-19(11-16(14(2)29)12-21(23)31-24(28)30)27-9-6-15(7-10-27)22-18-5-4-17(25)13-20(18)32-26-22/h4-5,11-13,15H,3,6-10H2,1-2H3. The van der Waals surface area contributed by atoms with Crippen LogP contribution in [0.3, 0.4) is 0 Å². The van der Waals surface area contributed by atoms with E-state index in [9.17, 15) is 14.0 Å².